The fourth-order valence-electron chi connectivity index (χ4n) is 5.75. The number of nitrogens with one attached hydrogen (secondary N) is 3. The third-order valence-corrected chi connectivity index (χ3v) is 11.5. The van der Waals surface area contributed by atoms with E-state index in [1.54, 1.807) is 66.7 Å². The number of benzene rings is 3. The molecule has 0 saturated heterocycles. The number of hydrogen-bond donors (Lipinski definition) is 3. The molecular weight excluding hydrogens is 672 g/mol. The molecule has 1 aliphatic rings. The Morgan fingerprint density at radius 3 is 2.47 bits per heavy atom. The molecule has 49 heavy (non-hydrogen) atoms. The number of thiophene rings is 1. The van der Waals surface area contributed by atoms with Gasteiger partial charge in [0, 0.05) is 26.0 Å². The lowest BCUT2D eigenvalue weighted by Crippen LogP contribution is -2.30. The van der Waals surface area contributed by atoms with E-state index >= 15 is 0 Å². The van der Waals surface area contributed by atoms with Gasteiger partial charge in [0.15, 0.2) is 0 Å². The van der Waals surface area contributed by atoms with Crippen molar-refractivity contribution in [3.05, 3.63) is 117 Å². The Hall–Kier alpha value is -4.36. The van der Waals surface area contributed by atoms with Crippen LogP contribution in [0, 0.1) is 22.7 Å². The molecule has 0 saturated carbocycles. The van der Waals surface area contributed by atoms with Crippen LogP contribution in [0.2, 0.25) is 5.02 Å². The zero-order valence-corrected chi connectivity index (χ0v) is 30.3. The van der Waals surface area contributed by atoms with Crippen LogP contribution in [0.25, 0.3) is 6.08 Å². The van der Waals surface area contributed by atoms with E-state index < -0.39 is 17.1 Å². The Morgan fingerprint density at radius 1 is 1.04 bits per heavy atom. The Kier molecular flexibility index (Phi) is 11.7. The smallest absolute Gasteiger partial charge is 0.272 e. The fraction of sp³-hybridized carbons (Fsp3) is 0.282. The summed E-state index contributed by atoms with van der Waals surface area (Å²) in [7, 11) is 0. The topological polar surface area (TPSA) is 111 Å². The van der Waals surface area contributed by atoms with Crippen LogP contribution in [0.4, 0.5) is 10.7 Å². The van der Waals surface area contributed by atoms with Gasteiger partial charge >= 0.3 is 0 Å². The van der Waals surface area contributed by atoms with Crippen molar-refractivity contribution in [2.24, 2.45) is 11.3 Å². The Balaban J connectivity index is 1.30. The minimum atomic E-state index is -0.532. The van der Waals surface area contributed by atoms with Gasteiger partial charge in [-0.05, 0) is 90.6 Å². The van der Waals surface area contributed by atoms with Gasteiger partial charge < -0.3 is 16.0 Å². The molecule has 10 heteroatoms. The van der Waals surface area contributed by atoms with Crippen LogP contribution < -0.4 is 16.0 Å². The molecule has 5 rings (SSSR count). The standard InChI is InChI=1S/C39H39ClN4O3S2/c1-5-33(37(47)44-38-30(23-41)29-19-18-26(39(2,3)4)21-34(29)49-38)48-28-16-11-15-27(22-28)42-36(46)32(20-25-14-9-10-17-31(25)40)43-35(45)24-12-7-6-8-13-24/h6-17,20,22,26,33H,5,18-19,21H2,1-4H3,(H,42,46)(H,43,45)(H,44,47)/b32-20+. The molecule has 4 aromatic rings. The summed E-state index contributed by atoms with van der Waals surface area (Å²) in [4.78, 5) is 42.1. The SMILES string of the molecule is CCC(Sc1cccc(NC(=O)/C(=C\c2ccccc2Cl)NC(=O)c2ccccc2)c1)C(=O)Nc1sc2c(c1C#N)CCC(C(C)(C)C)C2. The predicted molar refractivity (Wildman–Crippen MR) is 201 cm³/mol. The van der Waals surface area contributed by atoms with Gasteiger partial charge in [-0.1, -0.05) is 81.8 Å². The highest BCUT2D eigenvalue weighted by molar-refractivity contribution is 8.00. The van der Waals surface area contributed by atoms with Gasteiger partial charge in [0.25, 0.3) is 11.8 Å². The molecule has 3 amide bonds. The summed E-state index contributed by atoms with van der Waals surface area (Å²) >= 11 is 9.29. The van der Waals surface area contributed by atoms with Crippen molar-refractivity contribution in [2.75, 3.05) is 10.6 Å². The van der Waals surface area contributed by atoms with Crippen LogP contribution in [0.1, 0.15) is 72.5 Å². The molecule has 0 spiro atoms. The Bertz CT molecular complexity index is 1920. The molecule has 252 valence electrons. The second-order valence-electron chi connectivity index (χ2n) is 13.0. The molecule has 1 heterocycles. The van der Waals surface area contributed by atoms with Crippen LogP contribution in [0.15, 0.2) is 89.5 Å². The minimum absolute atomic E-state index is 0.0200. The van der Waals surface area contributed by atoms with Gasteiger partial charge in [-0.3, -0.25) is 14.4 Å². The number of rotatable bonds is 10. The van der Waals surface area contributed by atoms with E-state index in [4.69, 9.17) is 11.6 Å². The lowest BCUT2D eigenvalue weighted by molar-refractivity contribution is -0.116. The summed E-state index contributed by atoms with van der Waals surface area (Å²) < 4.78 is 0. The van der Waals surface area contributed by atoms with Crippen molar-refractivity contribution in [3.63, 3.8) is 0 Å². The number of carbonyl (C=O) groups is 3. The number of nitriles is 1. The number of nitrogens with zero attached hydrogens (tertiary/aromatic N) is 1. The Morgan fingerprint density at radius 2 is 1.78 bits per heavy atom. The van der Waals surface area contributed by atoms with E-state index in [9.17, 15) is 19.6 Å². The maximum absolute atomic E-state index is 13.6. The molecule has 2 unspecified atom stereocenters. The number of fused-ring (bicyclic) bond motifs is 1. The quantitative estimate of drug-likeness (QED) is 0.112. The Labute approximate surface area is 301 Å². The van der Waals surface area contributed by atoms with Crippen molar-refractivity contribution < 1.29 is 14.4 Å². The first-order valence-corrected chi connectivity index (χ1v) is 18.3. The molecule has 3 aromatic carbocycles. The number of hydrogen-bond acceptors (Lipinski definition) is 6. The average Bonchev–Trinajstić information content (AvgIpc) is 3.43. The largest absolute Gasteiger partial charge is 0.321 e. The van der Waals surface area contributed by atoms with Crippen LogP contribution in [0.5, 0.6) is 0 Å². The molecule has 0 bridgehead atoms. The highest BCUT2D eigenvalue weighted by Crippen LogP contribution is 2.44. The molecule has 0 radical (unpaired) electrons. The van der Waals surface area contributed by atoms with Gasteiger partial charge in [0.1, 0.15) is 16.8 Å². The van der Waals surface area contributed by atoms with Gasteiger partial charge in [-0.15, -0.1) is 23.1 Å². The zero-order valence-electron chi connectivity index (χ0n) is 27.9. The summed E-state index contributed by atoms with van der Waals surface area (Å²) in [5.74, 6) is -0.604. The van der Waals surface area contributed by atoms with E-state index in [1.165, 1.54) is 34.1 Å². The first-order chi connectivity index (χ1) is 23.5. The summed E-state index contributed by atoms with van der Waals surface area (Å²) in [5, 5.41) is 19.3. The van der Waals surface area contributed by atoms with Gasteiger partial charge in [-0.2, -0.15) is 5.26 Å². The number of anilines is 2. The molecule has 2 atom stereocenters. The summed E-state index contributed by atoms with van der Waals surface area (Å²) in [6, 6.07) is 25.2. The van der Waals surface area contributed by atoms with Crippen molar-refractivity contribution in [2.45, 2.75) is 63.5 Å². The normalized spacial score (nSPS) is 15.0. The second kappa shape index (κ2) is 15.9. The third-order valence-electron chi connectivity index (χ3n) is 8.61. The minimum Gasteiger partial charge on any atom is -0.321 e. The molecule has 1 aromatic heterocycles. The van der Waals surface area contributed by atoms with E-state index in [0.717, 1.165) is 29.7 Å². The summed E-state index contributed by atoms with van der Waals surface area (Å²) in [6.45, 7) is 8.72. The molecule has 3 N–H and O–H groups in total. The van der Waals surface area contributed by atoms with Crippen molar-refractivity contribution >= 4 is 69.2 Å². The number of carbonyl (C=O) groups excluding carboxylic acids is 3. The van der Waals surface area contributed by atoms with Crippen LogP contribution >= 0.6 is 34.7 Å². The van der Waals surface area contributed by atoms with E-state index in [-0.39, 0.29) is 17.0 Å². The van der Waals surface area contributed by atoms with Crippen molar-refractivity contribution in [1.82, 2.24) is 5.32 Å². The van der Waals surface area contributed by atoms with E-state index in [0.29, 0.717) is 44.7 Å². The fourth-order valence-corrected chi connectivity index (χ4v) is 8.23. The summed E-state index contributed by atoms with van der Waals surface area (Å²) in [5.41, 5.74) is 3.34. The molecule has 0 fully saturated rings. The van der Waals surface area contributed by atoms with E-state index in [1.807, 2.05) is 19.1 Å². The zero-order chi connectivity index (χ0) is 35.1. The van der Waals surface area contributed by atoms with Crippen molar-refractivity contribution in [1.29, 1.82) is 5.26 Å². The number of halogens is 1. The predicted octanol–water partition coefficient (Wildman–Crippen LogP) is 9.34. The summed E-state index contributed by atoms with van der Waals surface area (Å²) in [6.07, 6.45) is 4.90. The maximum Gasteiger partial charge on any atom is 0.272 e. The highest BCUT2D eigenvalue weighted by atomic mass is 35.5. The molecule has 0 aliphatic heterocycles. The van der Waals surface area contributed by atoms with Crippen LogP contribution in [-0.4, -0.2) is 23.0 Å². The van der Waals surface area contributed by atoms with Crippen molar-refractivity contribution in [3.8, 4) is 6.07 Å². The monoisotopic (exact) mass is 710 g/mol. The third kappa shape index (κ3) is 9.01. The van der Waals surface area contributed by atoms with Gasteiger partial charge in [0.2, 0.25) is 5.91 Å². The van der Waals surface area contributed by atoms with Crippen LogP contribution in [0.3, 0.4) is 0 Å². The van der Waals surface area contributed by atoms with Crippen LogP contribution in [-0.2, 0) is 22.4 Å². The molecule has 1 aliphatic carbocycles. The first kappa shape index (κ1) is 35.9. The van der Waals surface area contributed by atoms with Gasteiger partial charge in [0.05, 0.1) is 10.8 Å². The highest BCUT2D eigenvalue weighted by Gasteiger charge is 2.33. The maximum atomic E-state index is 13.6. The van der Waals surface area contributed by atoms with E-state index in [2.05, 4.69) is 42.8 Å². The lowest BCUT2D eigenvalue weighted by Gasteiger charge is -2.33. The first-order valence-electron chi connectivity index (χ1n) is 16.2. The molecular formula is C39H39ClN4O3S2. The average molecular weight is 711 g/mol. The number of amides is 3. The molecule has 7 nitrogen and oxygen atoms in total. The van der Waals surface area contributed by atoms with Gasteiger partial charge in [-0.25, -0.2) is 0 Å². The second-order valence-corrected chi connectivity index (χ2v) is 15.8. The number of thioether (sulfide) groups is 1. The lowest BCUT2D eigenvalue weighted by atomic mass is 9.72.